The summed E-state index contributed by atoms with van der Waals surface area (Å²) in [4.78, 5) is 15.7. The molecule has 2 amide bonds. The number of urea groups is 1. The summed E-state index contributed by atoms with van der Waals surface area (Å²) in [5, 5.41) is 14.9. The smallest absolute Gasteiger partial charge is 0.318 e. The Balaban J connectivity index is 1.69. The lowest BCUT2D eigenvalue weighted by atomic mass is 9.91. The Kier molecular flexibility index (Phi) is 4.92. The van der Waals surface area contributed by atoms with Crippen LogP contribution in [0.5, 0.6) is 0 Å². The lowest BCUT2D eigenvalue weighted by Crippen LogP contribution is -2.49. The zero-order valence-corrected chi connectivity index (χ0v) is 15.0. The number of hydrogen-bond donors (Lipinski definition) is 2. The van der Waals surface area contributed by atoms with Gasteiger partial charge in [0.1, 0.15) is 0 Å². The number of carbonyl (C=O) groups is 1. The van der Waals surface area contributed by atoms with Gasteiger partial charge in [0, 0.05) is 23.4 Å². The minimum Gasteiger partial charge on any atom is -0.394 e. The summed E-state index contributed by atoms with van der Waals surface area (Å²) < 4.78 is 0. The summed E-state index contributed by atoms with van der Waals surface area (Å²) in [5.74, 6) is 0. The first-order chi connectivity index (χ1) is 11.5. The number of nitrogens with one attached hydrogen (secondary N) is 1. The first-order valence-electron chi connectivity index (χ1n) is 8.30. The molecule has 1 unspecified atom stereocenters. The highest BCUT2D eigenvalue weighted by Crippen LogP contribution is 2.30. The van der Waals surface area contributed by atoms with E-state index in [0.717, 1.165) is 12.0 Å². The second-order valence-electron chi connectivity index (χ2n) is 6.86. The van der Waals surface area contributed by atoms with E-state index in [0.29, 0.717) is 13.1 Å². The fraction of sp³-hybridized carbons (Fsp3) is 0.421. The second kappa shape index (κ2) is 6.95. The highest BCUT2D eigenvalue weighted by molar-refractivity contribution is 7.10. The summed E-state index contributed by atoms with van der Waals surface area (Å²) in [7, 11) is 0. The van der Waals surface area contributed by atoms with Gasteiger partial charge in [-0.25, -0.2) is 4.79 Å². The van der Waals surface area contributed by atoms with Crippen molar-refractivity contribution in [2.75, 3.05) is 19.7 Å². The molecule has 1 aliphatic heterocycles. The summed E-state index contributed by atoms with van der Waals surface area (Å²) in [5.41, 5.74) is 2.17. The third-order valence-corrected chi connectivity index (χ3v) is 5.95. The van der Waals surface area contributed by atoms with E-state index < -0.39 is 0 Å². The Labute approximate surface area is 147 Å². The molecule has 1 atom stereocenters. The van der Waals surface area contributed by atoms with Crippen molar-refractivity contribution in [3.63, 3.8) is 0 Å². The molecule has 4 nitrogen and oxygen atoms in total. The van der Waals surface area contributed by atoms with Gasteiger partial charge in [-0.1, -0.05) is 44.2 Å². The lowest BCUT2D eigenvalue weighted by molar-refractivity contribution is 0.126. The van der Waals surface area contributed by atoms with Crippen LogP contribution < -0.4 is 5.32 Å². The first-order valence-corrected chi connectivity index (χ1v) is 9.18. The van der Waals surface area contributed by atoms with Crippen molar-refractivity contribution in [1.29, 1.82) is 0 Å². The third-order valence-electron chi connectivity index (χ3n) is 4.72. The highest BCUT2D eigenvalue weighted by atomic mass is 32.1. The number of amides is 2. The molecule has 0 saturated carbocycles. The van der Waals surface area contributed by atoms with Gasteiger partial charge in [0.05, 0.1) is 12.6 Å². The van der Waals surface area contributed by atoms with Crippen LogP contribution >= 0.6 is 11.3 Å². The molecule has 0 spiro atoms. The van der Waals surface area contributed by atoms with Gasteiger partial charge in [-0.05, 0) is 29.0 Å². The van der Waals surface area contributed by atoms with Gasteiger partial charge in [0.15, 0.2) is 0 Å². The van der Waals surface area contributed by atoms with E-state index in [1.807, 2.05) is 24.3 Å². The van der Waals surface area contributed by atoms with Gasteiger partial charge in [0.25, 0.3) is 0 Å². The van der Waals surface area contributed by atoms with Crippen molar-refractivity contribution in [2.24, 2.45) is 0 Å². The fourth-order valence-corrected chi connectivity index (χ4v) is 4.09. The molecule has 0 radical (unpaired) electrons. The summed E-state index contributed by atoms with van der Waals surface area (Å²) in [6, 6.07) is 11.8. The van der Waals surface area contributed by atoms with Gasteiger partial charge in [0.2, 0.25) is 0 Å². The average Bonchev–Trinajstić information content (AvgIpc) is 3.14. The van der Waals surface area contributed by atoms with Crippen LogP contribution in [0.2, 0.25) is 0 Å². The molecule has 1 aromatic carbocycles. The molecule has 1 aliphatic rings. The van der Waals surface area contributed by atoms with Crippen LogP contribution in [-0.4, -0.2) is 35.7 Å². The molecule has 2 aromatic rings. The van der Waals surface area contributed by atoms with E-state index in [4.69, 9.17) is 0 Å². The van der Waals surface area contributed by atoms with E-state index in [1.54, 1.807) is 16.2 Å². The molecule has 2 heterocycles. The number of thiophene rings is 1. The van der Waals surface area contributed by atoms with E-state index in [2.05, 4.69) is 36.7 Å². The molecular formula is C19H24N2O2S. The van der Waals surface area contributed by atoms with Crippen molar-refractivity contribution in [3.8, 4) is 0 Å². The van der Waals surface area contributed by atoms with E-state index in [9.17, 15) is 9.90 Å². The topological polar surface area (TPSA) is 52.6 Å². The fourth-order valence-electron chi connectivity index (χ4n) is 3.24. The van der Waals surface area contributed by atoms with Crippen molar-refractivity contribution in [3.05, 3.63) is 57.8 Å². The van der Waals surface area contributed by atoms with Gasteiger partial charge in [-0.15, -0.1) is 11.3 Å². The maximum atomic E-state index is 12.7. The molecule has 0 aliphatic carbocycles. The highest BCUT2D eigenvalue weighted by Gasteiger charge is 2.31. The summed E-state index contributed by atoms with van der Waals surface area (Å²) in [6.07, 6.45) is 0.828. The molecule has 5 heteroatoms. The van der Waals surface area contributed by atoms with Gasteiger partial charge < -0.3 is 15.3 Å². The Morgan fingerprint density at radius 1 is 1.33 bits per heavy atom. The van der Waals surface area contributed by atoms with E-state index in [-0.39, 0.29) is 24.1 Å². The third kappa shape index (κ3) is 3.32. The molecule has 128 valence electrons. The summed E-state index contributed by atoms with van der Waals surface area (Å²) in [6.45, 7) is 5.41. The minimum atomic E-state index is -0.264. The van der Waals surface area contributed by atoms with E-state index in [1.165, 1.54) is 10.4 Å². The Morgan fingerprint density at radius 2 is 2.12 bits per heavy atom. The molecule has 0 fully saturated rings. The minimum absolute atomic E-state index is 0.0568. The molecule has 2 N–H and O–H groups in total. The molecule has 3 rings (SSSR count). The lowest BCUT2D eigenvalue weighted by Gasteiger charge is -2.37. The van der Waals surface area contributed by atoms with Crippen LogP contribution in [0.25, 0.3) is 0 Å². The predicted molar refractivity (Wildman–Crippen MR) is 97.4 cm³/mol. The average molecular weight is 344 g/mol. The Morgan fingerprint density at radius 3 is 2.83 bits per heavy atom. The monoisotopic (exact) mass is 344 g/mol. The number of fused-ring (bicyclic) bond motifs is 1. The Bertz CT molecular complexity index is 697. The predicted octanol–water partition coefficient (Wildman–Crippen LogP) is 3.33. The molecular weight excluding hydrogens is 320 g/mol. The number of hydrogen-bond acceptors (Lipinski definition) is 3. The number of benzene rings is 1. The van der Waals surface area contributed by atoms with Crippen LogP contribution in [0, 0.1) is 0 Å². The van der Waals surface area contributed by atoms with Crippen molar-refractivity contribution in [1.82, 2.24) is 10.2 Å². The zero-order valence-electron chi connectivity index (χ0n) is 14.2. The van der Waals surface area contributed by atoms with Gasteiger partial charge in [-0.2, -0.15) is 0 Å². The molecule has 0 saturated heterocycles. The zero-order chi connectivity index (χ0) is 17.2. The van der Waals surface area contributed by atoms with Crippen LogP contribution in [0.3, 0.4) is 0 Å². The van der Waals surface area contributed by atoms with Crippen LogP contribution in [-0.2, 0) is 11.8 Å². The molecule has 24 heavy (non-hydrogen) atoms. The summed E-state index contributed by atoms with van der Waals surface area (Å²) >= 11 is 1.71. The van der Waals surface area contributed by atoms with Crippen LogP contribution in [0.1, 0.15) is 35.9 Å². The number of aliphatic hydroxyl groups excluding tert-OH is 1. The van der Waals surface area contributed by atoms with Crippen molar-refractivity contribution >= 4 is 17.4 Å². The van der Waals surface area contributed by atoms with Crippen LogP contribution in [0.4, 0.5) is 4.79 Å². The first kappa shape index (κ1) is 17.0. The number of aliphatic hydroxyl groups is 1. The van der Waals surface area contributed by atoms with Gasteiger partial charge >= 0.3 is 6.03 Å². The standard InChI is InChI=1S/C19H24N2O2S/c1-19(2,17-8-5-11-24-17)13-20-18(23)21-10-9-14-6-3-4-7-15(14)16(21)12-22/h3-8,11,16,22H,9-10,12-13H2,1-2H3,(H,20,23). The van der Waals surface area contributed by atoms with Crippen molar-refractivity contribution < 1.29 is 9.90 Å². The number of carbonyl (C=O) groups excluding carboxylic acids is 1. The maximum Gasteiger partial charge on any atom is 0.318 e. The largest absolute Gasteiger partial charge is 0.394 e. The number of rotatable bonds is 4. The quantitative estimate of drug-likeness (QED) is 0.894. The van der Waals surface area contributed by atoms with Crippen LogP contribution in [0.15, 0.2) is 41.8 Å². The van der Waals surface area contributed by atoms with E-state index >= 15 is 0 Å². The SMILES string of the molecule is CC(C)(CNC(=O)N1CCc2ccccc2C1CO)c1cccs1. The normalized spacial score (nSPS) is 17.5. The maximum absolute atomic E-state index is 12.7. The van der Waals surface area contributed by atoms with Crippen molar-refractivity contribution in [2.45, 2.75) is 31.7 Å². The molecule has 0 bridgehead atoms. The van der Waals surface area contributed by atoms with Gasteiger partial charge in [-0.3, -0.25) is 0 Å². The Hall–Kier alpha value is -1.85. The molecule has 1 aromatic heterocycles. The number of nitrogens with zero attached hydrogens (tertiary/aromatic N) is 1. The second-order valence-corrected chi connectivity index (χ2v) is 7.81.